The maximum atomic E-state index is 11.9. The van der Waals surface area contributed by atoms with Crippen molar-refractivity contribution in [3.63, 3.8) is 0 Å². The normalized spacial score (nSPS) is 19.3. The molecule has 1 atom stereocenters. The monoisotopic (exact) mass is 559 g/mol. The van der Waals surface area contributed by atoms with Crippen LogP contribution in [0, 0.1) is 5.92 Å². The van der Waals surface area contributed by atoms with Crippen molar-refractivity contribution in [2.24, 2.45) is 10.9 Å². The lowest BCUT2D eigenvalue weighted by atomic mass is 10.1. The lowest BCUT2D eigenvalue weighted by Gasteiger charge is -2.32. The maximum Gasteiger partial charge on any atom is 0.409 e. The van der Waals surface area contributed by atoms with Crippen LogP contribution in [0.3, 0.4) is 0 Å². The molecule has 32 heavy (non-hydrogen) atoms. The van der Waals surface area contributed by atoms with E-state index in [1.54, 1.807) is 12.0 Å². The second kappa shape index (κ2) is 13.6. The number of rotatable bonds is 7. The first kappa shape index (κ1) is 26.3. The van der Waals surface area contributed by atoms with Gasteiger partial charge in [0.05, 0.1) is 19.4 Å². The molecule has 2 aliphatic rings. The smallest absolute Gasteiger partial charge is 0.409 e. The number of nitrogens with one attached hydrogen (secondary N) is 2. The van der Waals surface area contributed by atoms with Crippen molar-refractivity contribution in [3.8, 4) is 5.75 Å². The van der Waals surface area contributed by atoms with Gasteiger partial charge in [0.1, 0.15) is 5.75 Å². The fourth-order valence-corrected chi connectivity index (χ4v) is 4.25. The highest BCUT2D eigenvalue weighted by Gasteiger charge is 2.26. The minimum atomic E-state index is -0.206. The number of hydrogen-bond acceptors (Lipinski definition) is 5. The van der Waals surface area contributed by atoms with E-state index in [9.17, 15) is 4.79 Å². The van der Waals surface area contributed by atoms with Crippen LogP contribution < -0.4 is 20.3 Å². The molecule has 1 aromatic rings. The average Bonchev–Trinajstić information content (AvgIpc) is 3.27. The van der Waals surface area contributed by atoms with Crippen molar-refractivity contribution < 1.29 is 14.3 Å². The van der Waals surface area contributed by atoms with Crippen LogP contribution in [0.25, 0.3) is 0 Å². The Labute approximate surface area is 209 Å². The number of halogens is 1. The van der Waals surface area contributed by atoms with Gasteiger partial charge in [0.15, 0.2) is 5.96 Å². The molecule has 1 amide bonds. The number of para-hydroxylation sites is 2. The van der Waals surface area contributed by atoms with Gasteiger partial charge in [0.2, 0.25) is 0 Å². The van der Waals surface area contributed by atoms with Crippen molar-refractivity contribution in [1.82, 2.24) is 15.5 Å². The summed E-state index contributed by atoms with van der Waals surface area (Å²) in [6.45, 7) is 9.40. The predicted octanol–water partition coefficient (Wildman–Crippen LogP) is 3.32. The molecule has 8 nitrogen and oxygen atoms in total. The number of carbonyl (C=O) groups excluding carboxylic acids is 1. The van der Waals surface area contributed by atoms with Gasteiger partial charge in [-0.1, -0.05) is 12.1 Å². The summed E-state index contributed by atoms with van der Waals surface area (Å²) in [6.07, 6.45) is 2.71. The fourth-order valence-electron chi connectivity index (χ4n) is 4.25. The number of piperidine rings is 1. The van der Waals surface area contributed by atoms with Gasteiger partial charge in [0, 0.05) is 45.3 Å². The van der Waals surface area contributed by atoms with Crippen LogP contribution in [0.2, 0.25) is 0 Å². The first-order valence-electron chi connectivity index (χ1n) is 11.5. The molecule has 180 valence electrons. The molecule has 2 saturated heterocycles. The molecule has 1 unspecified atom stereocenters. The average molecular weight is 559 g/mol. The number of hydrogen-bond donors (Lipinski definition) is 2. The largest absolute Gasteiger partial charge is 0.495 e. The molecular weight excluding hydrogens is 521 g/mol. The number of likely N-dealkylation sites (tertiary alicyclic amines) is 1. The van der Waals surface area contributed by atoms with Crippen LogP contribution in [0.1, 0.15) is 33.1 Å². The summed E-state index contributed by atoms with van der Waals surface area (Å²) < 4.78 is 10.6. The highest BCUT2D eigenvalue weighted by atomic mass is 127. The first-order valence-corrected chi connectivity index (χ1v) is 11.5. The molecule has 2 aliphatic heterocycles. The molecule has 0 aliphatic carbocycles. The SMILES string of the molecule is CCNC(=NCC1CCN(c2ccccc2OC)C1)NC1CCN(C(=O)OCC)CC1.I. The van der Waals surface area contributed by atoms with Crippen LogP contribution in [-0.4, -0.2) is 76.0 Å². The first-order chi connectivity index (χ1) is 15.1. The number of amides is 1. The van der Waals surface area contributed by atoms with Gasteiger partial charge in [0.25, 0.3) is 0 Å². The van der Waals surface area contributed by atoms with Gasteiger partial charge in [-0.2, -0.15) is 0 Å². The van der Waals surface area contributed by atoms with Crippen LogP contribution in [-0.2, 0) is 4.74 Å². The van der Waals surface area contributed by atoms with Gasteiger partial charge in [-0.05, 0) is 51.2 Å². The fraction of sp³-hybridized carbons (Fsp3) is 0.652. The van der Waals surface area contributed by atoms with Crippen molar-refractivity contribution >= 4 is 41.7 Å². The number of benzene rings is 1. The van der Waals surface area contributed by atoms with E-state index in [2.05, 4.69) is 34.6 Å². The minimum Gasteiger partial charge on any atom is -0.495 e. The van der Waals surface area contributed by atoms with Gasteiger partial charge < -0.3 is 29.9 Å². The van der Waals surface area contributed by atoms with Crippen molar-refractivity contribution in [1.29, 1.82) is 0 Å². The highest BCUT2D eigenvalue weighted by Crippen LogP contribution is 2.32. The summed E-state index contributed by atoms with van der Waals surface area (Å²) >= 11 is 0. The van der Waals surface area contributed by atoms with Gasteiger partial charge in [-0.15, -0.1) is 24.0 Å². The Morgan fingerprint density at radius 2 is 1.91 bits per heavy atom. The van der Waals surface area contributed by atoms with E-state index in [4.69, 9.17) is 14.5 Å². The molecule has 3 rings (SSSR count). The Bertz CT molecular complexity index is 740. The molecule has 2 N–H and O–H groups in total. The molecule has 0 saturated carbocycles. The summed E-state index contributed by atoms with van der Waals surface area (Å²) in [6, 6.07) is 8.52. The summed E-state index contributed by atoms with van der Waals surface area (Å²) in [4.78, 5) is 20.9. The number of methoxy groups -OCH3 is 1. The molecule has 1 aromatic carbocycles. The lowest BCUT2D eigenvalue weighted by Crippen LogP contribution is -2.50. The number of anilines is 1. The van der Waals surface area contributed by atoms with Crippen LogP contribution in [0.5, 0.6) is 5.75 Å². The third-order valence-electron chi connectivity index (χ3n) is 5.93. The van der Waals surface area contributed by atoms with Crippen LogP contribution in [0.4, 0.5) is 10.5 Å². The van der Waals surface area contributed by atoms with E-state index in [0.717, 1.165) is 62.8 Å². The zero-order valence-electron chi connectivity index (χ0n) is 19.5. The molecule has 0 aromatic heterocycles. The van der Waals surface area contributed by atoms with E-state index >= 15 is 0 Å². The van der Waals surface area contributed by atoms with E-state index in [0.29, 0.717) is 31.7 Å². The zero-order chi connectivity index (χ0) is 22.1. The maximum absolute atomic E-state index is 11.9. The lowest BCUT2D eigenvalue weighted by molar-refractivity contribution is 0.0963. The molecule has 2 fully saturated rings. The number of nitrogens with zero attached hydrogens (tertiary/aromatic N) is 3. The summed E-state index contributed by atoms with van der Waals surface area (Å²) in [7, 11) is 1.72. The number of carbonyl (C=O) groups is 1. The topological polar surface area (TPSA) is 78.4 Å². The summed E-state index contributed by atoms with van der Waals surface area (Å²) in [5.41, 5.74) is 1.16. The zero-order valence-corrected chi connectivity index (χ0v) is 21.8. The van der Waals surface area contributed by atoms with E-state index in [1.165, 1.54) is 0 Å². The van der Waals surface area contributed by atoms with E-state index in [1.807, 2.05) is 19.1 Å². The van der Waals surface area contributed by atoms with Gasteiger partial charge in [-0.3, -0.25) is 4.99 Å². The summed E-state index contributed by atoms with van der Waals surface area (Å²) in [5, 5.41) is 6.93. The third-order valence-corrected chi connectivity index (χ3v) is 5.93. The Balaban J connectivity index is 0.00000363. The predicted molar refractivity (Wildman–Crippen MR) is 139 cm³/mol. The Morgan fingerprint density at radius 1 is 1.16 bits per heavy atom. The van der Waals surface area contributed by atoms with Crippen LogP contribution in [0.15, 0.2) is 29.3 Å². The molecule has 2 heterocycles. The van der Waals surface area contributed by atoms with E-state index < -0.39 is 0 Å². The second-order valence-electron chi connectivity index (χ2n) is 8.10. The standard InChI is InChI=1S/C23H37N5O3.HI/c1-4-24-22(26-19-11-14-27(15-12-19)23(29)31-5-2)25-16-18-10-13-28(17-18)20-8-6-7-9-21(20)30-3;/h6-9,18-19H,4-5,10-17H2,1-3H3,(H2,24,25,26);1H. The van der Waals surface area contributed by atoms with Crippen molar-refractivity contribution in [2.45, 2.75) is 39.2 Å². The number of ether oxygens (including phenoxy) is 2. The van der Waals surface area contributed by atoms with Crippen molar-refractivity contribution in [2.75, 3.05) is 57.9 Å². The van der Waals surface area contributed by atoms with Crippen LogP contribution >= 0.6 is 24.0 Å². The molecule has 0 spiro atoms. The minimum absolute atomic E-state index is 0. The van der Waals surface area contributed by atoms with E-state index in [-0.39, 0.29) is 30.1 Å². The second-order valence-corrected chi connectivity index (χ2v) is 8.10. The Morgan fingerprint density at radius 3 is 2.59 bits per heavy atom. The Kier molecular flexibility index (Phi) is 11.2. The molecule has 9 heteroatoms. The number of aliphatic imine (C=N–C) groups is 1. The third kappa shape index (κ3) is 7.31. The van der Waals surface area contributed by atoms with Gasteiger partial charge >= 0.3 is 6.09 Å². The quantitative estimate of drug-likeness (QED) is 0.303. The number of guanidine groups is 1. The molecule has 0 bridgehead atoms. The molecular formula is C23H38IN5O3. The summed E-state index contributed by atoms with van der Waals surface area (Å²) in [5.74, 6) is 2.31. The van der Waals surface area contributed by atoms with Gasteiger partial charge in [-0.25, -0.2) is 4.79 Å². The molecule has 0 radical (unpaired) electrons. The Hall–Kier alpha value is -1.91. The highest BCUT2D eigenvalue weighted by molar-refractivity contribution is 14.0. The van der Waals surface area contributed by atoms with Crippen molar-refractivity contribution in [3.05, 3.63) is 24.3 Å².